The van der Waals surface area contributed by atoms with Gasteiger partial charge in [0, 0.05) is 3.92 Å². The second-order valence-corrected chi connectivity index (χ2v) is 4.67. The van der Waals surface area contributed by atoms with Crippen LogP contribution in [0.2, 0.25) is 0 Å². The van der Waals surface area contributed by atoms with Gasteiger partial charge in [0.1, 0.15) is 0 Å². The Bertz CT molecular complexity index is 70.5. The second-order valence-electron chi connectivity index (χ2n) is 3.07. The predicted octanol–water partition coefficient (Wildman–Crippen LogP) is 2.86. The quantitative estimate of drug-likeness (QED) is 0.438. The molecule has 1 rings (SSSR count). The molecule has 0 saturated heterocycles. The summed E-state index contributed by atoms with van der Waals surface area (Å²) < 4.78 is 0.961. The maximum absolute atomic E-state index is 2.57. The van der Waals surface area contributed by atoms with Crippen molar-refractivity contribution >= 4 is 22.6 Å². The maximum Gasteiger partial charge on any atom is 0.0138 e. The fourth-order valence-corrected chi connectivity index (χ4v) is 2.66. The molecule has 0 spiro atoms. The van der Waals surface area contributed by atoms with Crippen LogP contribution in [-0.4, -0.2) is 3.92 Å². The third kappa shape index (κ3) is 1.36. The zero-order valence-electron chi connectivity index (χ0n) is 5.52. The SMILES string of the molecule is C[C@H]1C[C@@H](I)[C@@H](C)C1. The first-order valence-corrected chi connectivity index (χ1v) is 4.58. The summed E-state index contributed by atoms with van der Waals surface area (Å²) >= 11 is 2.57. The van der Waals surface area contributed by atoms with E-state index in [-0.39, 0.29) is 0 Å². The minimum absolute atomic E-state index is 0.961. The van der Waals surface area contributed by atoms with Crippen molar-refractivity contribution in [2.24, 2.45) is 11.8 Å². The lowest BCUT2D eigenvalue weighted by Crippen LogP contribution is -1.98. The highest BCUT2D eigenvalue weighted by Gasteiger charge is 2.25. The van der Waals surface area contributed by atoms with Crippen LogP contribution in [0.3, 0.4) is 0 Å². The highest BCUT2D eigenvalue weighted by molar-refractivity contribution is 14.1. The molecule has 0 aromatic heterocycles. The van der Waals surface area contributed by atoms with Crippen molar-refractivity contribution in [2.45, 2.75) is 30.6 Å². The molecule has 0 nitrogen and oxygen atoms in total. The maximum atomic E-state index is 2.57. The molecule has 1 aliphatic rings. The van der Waals surface area contributed by atoms with Gasteiger partial charge >= 0.3 is 0 Å². The molecular weight excluding hydrogens is 211 g/mol. The standard InChI is InChI=1S/C7H13I/c1-5-3-6(2)7(8)4-5/h5-7H,3-4H2,1-2H3/t5-,6+,7-/m1/s1. The van der Waals surface area contributed by atoms with Crippen molar-refractivity contribution in [2.75, 3.05) is 0 Å². The topological polar surface area (TPSA) is 0 Å². The highest BCUT2D eigenvalue weighted by Crippen LogP contribution is 2.35. The van der Waals surface area contributed by atoms with Gasteiger partial charge < -0.3 is 0 Å². The Morgan fingerprint density at radius 1 is 1.25 bits per heavy atom. The predicted molar refractivity (Wildman–Crippen MR) is 45.4 cm³/mol. The summed E-state index contributed by atoms with van der Waals surface area (Å²) in [5, 5.41) is 0. The molecule has 0 aromatic carbocycles. The van der Waals surface area contributed by atoms with Crippen LogP contribution in [0.5, 0.6) is 0 Å². The van der Waals surface area contributed by atoms with Crippen molar-refractivity contribution in [1.82, 2.24) is 0 Å². The molecule has 0 N–H and O–H groups in total. The third-order valence-corrected chi connectivity index (χ3v) is 3.76. The van der Waals surface area contributed by atoms with Crippen LogP contribution < -0.4 is 0 Å². The largest absolute Gasteiger partial charge is 0.0823 e. The lowest BCUT2D eigenvalue weighted by atomic mass is 10.1. The zero-order valence-corrected chi connectivity index (χ0v) is 7.68. The lowest BCUT2D eigenvalue weighted by Gasteiger charge is -2.02. The summed E-state index contributed by atoms with van der Waals surface area (Å²) in [5.74, 6) is 1.97. The summed E-state index contributed by atoms with van der Waals surface area (Å²) in [6.45, 7) is 4.72. The normalized spacial score (nSPS) is 47.6. The molecule has 8 heavy (non-hydrogen) atoms. The van der Waals surface area contributed by atoms with E-state index in [4.69, 9.17) is 0 Å². The molecule has 1 aliphatic carbocycles. The summed E-state index contributed by atoms with van der Waals surface area (Å²) in [7, 11) is 0. The van der Waals surface area contributed by atoms with E-state index in [2.05, 4.69) is 36.4 Å². The van der Waals surface area contributed by atoms with Gasteiger partial charge in [0.25, 0.3) is 0 Å². The average Bonchev–Trinajstić information content (AvgIpc) is 1.85. The van der Waals surface area contributed by atoms with Gasteiger partial charge in [-0.2, -0.15) is 0 Å². The lowest BCUT2D eigenvalue weighted by molar-refractivity contribution is 0.559. The van der Waals surface area contributed by atoms with Crippen molar-refractivity contribution < 1.29 is 0 Å². The van der Waals surface area contributed by atoms with Crippen LogP contribution in [0, 0.1) is 11.8 Å². The van der Waals surface area contributed by atoms with E-state index in [0.717, 1.165) is 15.8 Å². The second kappa shape index (κ2) is 2.54. The molecular formula is C7H13I. The fraction of sp³-hybridized carbons (Fsp3) is 1.00. The van der Waals surface area contributed by atoms with E-state index in [1.54, 1.807) is 0 Å². The Hall–Kier alpha value is 0.730. The van der Waals surface area contributed by atoms with Gasteiger partial charge in [-0.1, -0.05) is 36.4 Å². The Morgan fingerprint density at radius 3 is 2.00 bits per heavy atom. The van der Waals surface area contributed by atoms with Gasteiger partial charge in [0.05, 0.1) is 0 Å². The van der Waals surface area contributed by atoms with Gasteiger partial charge in [-0.05, 0) is 24.7 Å². The van der Waals surface area contributed by atoms with E-state index in [9.17, 15) is 0 Å². The van der Waals surface area contributed by atoms with Gasteiger partial charge in [0.15, 0.2) is 0 Å². The number of alkyl halides is 1. The van der Waals surface area contributed by atoms with Crippen molar-refractivity contribution in [3.05, 3.63) is 0 Å². The monoisotopic (exact) mass is 224 g/mol. The Morgan fingerprint density at radius 2 is 1.88 bits per heavy atom. The van der Waals surface area contributed by atoms with Crippen molar-refractivity contribution in [3.8, 4) is 0 Å². The average molecular weight is 224 g/mol. The summed E-state index contributed by atoms with van der Waals surface area (Å²) in [6, 6.07) is 0. The number of rotatable bonds is 0. The smallest absolute Gasteiger partial charge is 0.0138 e. The first-order chi connectivity index (χ1) is 3.70. The molecule has 3 atom stereocenters. The summed E-state index contributed by atoms with van der Waals surface area (Å²) in [6.07, 6.45) is 2.90. The van der Waals surface area contributed by atoms with Crippen LogP contribution in [0.15, 0.2) is 0 Å². The molecule has 1 saturated carbocycles. The van der Waals surface area contributed by atoms with Crippen molar-refractivity contribution in [3.63, 3.8) is 0 Å². The number of hydrogen-bond acceptors (Lipinski definition) is 0. The first-order valence-electron chi connectivity index (χ1n) is 3.34. The highest BCUT2D eigenvalue weighted by atomic mass is 127. The first kappa shape index (κ1) is 6.84. The minimum atomic E-state index is 0.961. The Labute approximate surface area is 65.2 Å². The van der Waals surface area contributed by atoms with Crippen LogP contribution in [0.1, 0.15) is 26.7 Å². The van der Waals surface area contributed by atoms with Gasteiger partial charge in [0.2, 0.25) is 0 Å². The van der Waals surface area contributed by atoms with Crippen LogP contribution in [0.25, 0.3) is 0 Å². The van der Waals surface area contributed by atoms with Crippen LogP contribution in [0.4, 0.5) is 0 Å². The minimum Gasteiger partial charge on any atom is -0.0823 e. The number of halogens is 1. The summed E-state index contributed by atoms with van der Waals surface area (Å²) in [5.41, 5.74) is 0. The molecule has 0 aliphatic heterocycles. The molecule has 0 radical (unpaired) electrons. The third-order valence-electron chi connectivity index (χ3n) is 2.02. The molecule has 0 heterocycles. The molecule has 48 valence electrons. The molecule has 1 heteroatoms. The zero-order chi connectivity index (χ0) is 6.15. The van der Waals surface area contributed by atoms with Gasteiger partial charge in [-0.15, -0.1) is 0 Å². The Kier molecular flexibility index (Phi) is 2.18. The van der Waals surface area contributed by atoms with Crippen molar-refractivity contribution in [1.29, 1.82) is 0 Å². The number of hydrogen-bond donors (Lipinski definition) is 0. The fourth-order valence-electron chi connectivity index (χ4n) is 1.50. The van der Waals surface area contributed by atoms with Crippen LogP contribution >= 0.6 is 22.6 Å². The summed E-state index contributed by atoms with van der Waals surface area (Å²) in [4.78, 5) is 0. The van der Waals surface area contributed by atoms with E-state index >= 15 is 0 Å². The van der Waals surface area contributed by atoms with E-state index in [1.165, 1.54) is 12.8 Å². The molecule has 1 fully saturated rings. The van der Waals surface area contributed by atoms with E-state index < -0.39 is 0 Å². The van der Waals surface area contributed by atoms with Gasteiger partial charge in [-0.25, -0.2) is 0 Å². The Balaban J connectivity index is 2.39. The molecule has 0 unspecified atom stereocenters. The molecule has 0 aromatic rings. The molecule has 0 bridgehead atoms. The van der Waals surface area contributed by atoms with Crippen LogP contribution in [-0.2, 0) is 0 Å². The molecule has 0 amide bonds. The van der Waals surface area contributed by atoms with E-state index in [0.29, 0.717) is 0 Å². The van der Waals surface area contributed by atoms with Gasteiger partial charge in [-0.3, -0.25) is 0 Å². The van der Waals surface area contributed by atoms with E-state index in [1.807, 2.05) is 0 Å².